The van der Waals surface area contributed by atoms with E-state index in [1.165, 1.54) is 6.08 Å². The van der Waals surface area contributed by atoms with Gasteiger partial charge in [0, 0.05) is 36.5 Å². The second kappa shape index (κ2) is 5.56. The third-order valence-electron chi connectivity index (χ3n) is 1.64. The number of nitrogens with zero attached hydrogens (tertiary/aromatic N) is 1. The molecule has 1 amide bonds. The van der Waals surface area contributed by atoms with Crippen LogP contribution < -0.4 is 5.32 Å². The standard InChI is InChI=1S/C11H13BrN2O/c1-14(2)8-7-11(15)13-10-5-3-9(12)4-6-10/h3-8H,1-2H3,(H,13,15)/b8-7-. The largest absolute Gasteiger partial charge is 0.383 e. The molecule has 0 atom stereocenters. The summed E-state index contributed by atoms with van der Waals surface area (Å²) in [4.78, 5) is 13.2. The highest BCUT2D eigenvalue weighted by Gasteiger charge is 1.96. The van der Waals surface area contributed by atoms with E-state index in [9.17, 15) is 4.79 Å². The number of carbonyl (C=O) groups excluding carboxylic acids is 1. The van der Waals surface area contributed by atoms with Crippen molar-refractivity contribution in [2.45, 2.75) is 0 Å². The molecule has 0 radical (unpaired) electrons. The predicted molar refractivity (Wildman–Crippen MR) is 65.6 cm³/mol. The SMILES string of the molecule is CN(C)/C=C\C(=O)Nc1ccc(Br)cc1. The quantitative estimate of drug-likeness (QED) is 0.855. The average molecular weight is 269 g/mol. The second-order valence-corrected chi connectivity index (χ2v) is 4.19. The maximum atomic E-state index is 11.4. The molecule has 0 aliphatic rings. The second-order valence-electron chi connectivity index (χ2n) is 3.28. The van der Waals surface area contributed by atoms with Crippen LogP contribution in [0.1, 0.15) is 0 Å². The number of hydrogen-bond donors (Lipinski definition) is 1. The van der Waals surface area contributed by atoms with Gasteiger partial charge in [0.1, 0.15) is 0 Å². The Morgan fingerprint density at radius 2 is 1.93 bits per heavy atom. The topological polar surface area (TPSA) is 32.3 Å². The van der Waals surface area contributed by atoms with Gasteiger partial charge in [-0.3, -0.25) is 4.79 Å². The van der Waals surface area contributed by atoms with E-state index in [1.54, 1.807) is 11.1 Å². The maximum Gasteiger partial charge on any atom is 0.249 e. The van der Waals surface area contributed by atoms with Gasteiger partial charge in [-0.1, -0.05) is 15.9 Å². The number of benzene rings is 1. The number of hydrogen-bond acceptors (Lipinski definition) is 2. The van der Waals surface area contributed by atoms with Gasteiger partial charge in [-0.2, -0.15) is 0 Å². The van der Waals surface area contributed by atoms with Crippen LogP contribution in [-0.2, 0) is 4.79 Å². The van der Waals surface area contributed by atoms with Gasteiger partial charge in [0.2, 0.25) is 5.91 Å². The molecular weight excluding hydrogens is 256 g/mol. The number of rotatable bonds is 3. The number of nitrogens with one attached hydrogen (secondary N) is 1. The zero-order valence-electron chi connectivity index (χ0n) is 8.70. The van der Waals surface area contributed by atoms with Crippen molar-refractivity contribution >= 4 is 27.5 Å². The summed E-state index contributed by atoms with van der Waals surface area (Å²) in [7, 11) is 3.73. The van der Waals surface area contributed by atoms with E-state index in [4.69, 9.17) is 0 Å². The number of anilines is 1. The lowest BCUT2D eigenvalue weighted by atomic mass is 10.3. The third-order valence-corrected chi connectivity index (χ3v) is 2.16. The summed E-state index contributed by atoms with van der Waals surface area (Å²) in [5.74, 6) is -0.133. The number of halogens is 1. The summed E-state index contributed by atoms with van der Waals surface area (Å²) in [6, 6.07) is 7.44. The molecule has 0 aromatic heterocycles. The van der Waals surface area contributed by atoms with E-state index in [2.05, 4.69) is 21.2 Å². The Morgan fingerprint density at radius 1 is 1.33 bits per heavy atom. The van der Waals surface area contributed by atoms with Gasteiger partial charge in [0.05, 0.1) is 0 Å². The van der Waals surface area contributed by atoms with E-state index in [0.717, 1.165) is 10.2 Å². The van der Waals surface area contributed by atoms with Gasteiger partial charge in [-0.25, -0.2) is 0 Å². The monoisotopic (exact) mass is 268 g/mol. The first-order valence-corrected chi connectivity index (χ1v) is 5.28. The molecule has 80 valence electrons. The molecule has 4 heteroatoms. The zero-order valence-corrected chi connectivity index (χ0v) is 10.3. The Balaban J connectivity index is 2.55. The lowest BCUT2D eigenvalue weighted by molar-refractivity contribution is -0.112. The molecule has 0 saturated carbocycles. The molecule has 1 N–H and O–H groups in total. The summed E-state index contributed by atoms with van der Waals surface area (Å²) in [6.07, 6.45) is 3.19. The molecule has 0 aliphatic carbocycles. The van der Waals surface area contributed by atoms with Crippen LogP contribution in [-0.4, -0.2) is 24.9 Å². The summed E-state index contributed by atoms with van der Waals surface area (Å²) < 4.78 is 0.990. The average Bonchev–Trinajstić information content (AvgIpc) is 2.19. The Kier molecular flexibility index (Phi) is 4.37. The van der Waals surface area contributed by atoms with Crippen molar-refractivity contribution in [2.75, 3.05) is 19.4 Å². The molecule has 1 aromatic carbocycles. The van der Waals surface area contributed by atoms with Crippen LogP contribution in [0, 0.1) is 0 Å². The Hall–Kier alpha value is -1.29. The fourth-order valence-electron chi connectivity index (χ4n) is 0.934. The lowest BCUT2D eigenvalue weighted by Gasteiger charge is -2.04. The van der Waals surface area contributed by atoms with Crippen molar-refractivity contribution in [2.24, 2.45) is 0 Å². The molecule has 0 bridgehead atoms. The highest BCUT2D eigenvalue weighted by atomic mass is 79.9. The van der Waals surface area contributed by atoms with Crippen molar-refractivity contribution in [3.63, 3.8) is 0 Å². The van der Waals surface area contributed by atoms with Crippen molar-refractivity contribution in [1.82, 2.24) is 4.90 Å². The number of amides is 1. The first kappa shape index (κ1) is 11.8. The van der Waals surface area contributed by atoms with Crippen LogP contribution in [0.5, 0.6) is 0 Å². The van der Waals surface area contributed by atoms with Crippen molar-refractivity contribution in [3.8, 4) is 0 Å². The van der Waals surface area contributed by atoms with Gasteiger partial charge < -0.3 is 10.2 Å². The molecule has 0 aliphatic heterocycles. The van der Waals surface area contributed by atoms with Gasteiger partial charge in [-0.15, -0.1) is 0 Å². The van der Waals surface area contributed by atoms with Crippen LogP contribution >= 0.6 is 15.9 Å². The fraction of sp³-hybridized carbons (Fsp3) is 0.182. The minimum atomic E-state index is -0.133. The lowest BCUT2D eigenvalue weighted by Crippen LogP contribution is -2.10. The summed E-state index contributed by atoms with van der Waals surface area (Å²) in [6.45, 7) is 0. The molecule has 1 aromatic rings. The fourth-order valence-corrected chi connectivity index (χ4v) is 1.20. The Bertz CT molecular complexity index is 357. The van der Waals surface area contributed by atoms with Crippen LogP contribution in [0.25, 0.3) is 0 Å². The normalized spacial score (nSPS) is 10.3. The van der Waals surface area contributed by atoms with E-state index >= 15 is 0 Å². The smallest absolute Gasteiger partial charge is 0.249 e. The van der Waals surface area contributed by atoms with E-state index in [0.29, 0.717) is 0 Å². The van der Waals surface area contributed by atoms with E-state index in [1.807, 2.05) is 38.4 Å². The molecule has 3 nitrogen and oxygen atoms in total. The summed E-state index contributed by atoms with van der Waals surface area (Å²) in [5.41, 5.74) is 0.784. The molecule has 0 spiro atoms. The predicted octanol–water partition coefficient (Wildman–Crippen LogP) is 2.46. The molecule has 0 fully saturated rings. The minimum absolute atomic E-state index is 0.133. The van der Waals surface area contributed by atoms with Crippen molar-refractivity contribution < 1.29 is 4.79 Å². The molecule has 0 heterocycles. The Morgan fingerprint density at radius 3 is 2.47 bits per heavy atom. The summed E-state index contributed by atoms with van der Waals surface area (Å²) in [5, 5.41) is 2.75. The van der Waals surface area contributed by atoms with Gasteiger partial charge in [-0.05, 0) is 24.3 Å². The van der Waals surface area contributed by atoms with E-state index in [-0.39, 0.29) is 5.91 Å². The van der Waals surface area contributed by atoms with Gasteiger partial charge in [0.25, 0.3) is 0 Å². The van der Waals surface area contributed by atoms with Crippen molar-refractivity contribution in [3.05, 3.63) is 41.0 Å². The van der Waals surface area contributed by atoms with Crippen LogP contribution in [0.3, 0.4) is 0 Å². The highest BCUT2D eigenvalue weighted by molar-refractivity contribution is 9.10. The molecule has 0 unspecified atom stereocenters. The highest BCUT2D eigenvalue weighted by Crippen LogP contribution is 2.13. The zero-order chi connectivity index (χ0) is 11.3. The first-order valence-electron chi connectivity index (χ1n) is 4.49. The van der Waals surface area contributed by atoms with Crippen LogP contribution in [0.4, 0.5) is 5.69 Å². The van der Waals surface area contributed by atoms with Crippen LogP contribution in [0.15, 0.2) is 41.0 Å². The molecule has 0 saturated heterocycles. The minimum Gasteiger partial charge on any atom is -0.383 e. The summed E-state index contributed by atoms with van der Waals surface area (Å²) >= 11 is 3.33. The van der Waals surface area contributed by atoms with E-state index < -0.39 is 0 Å². The van der Waals surface area contributed by atoms with Crippen LogP contribution in [0.2, 0.25) is 0 Å². The molecule has 15 heavy (non-hydrogen) atoms. The third kappa shape index (κ3) is 4.65. The van der Waals surface area contributed by atoms with Crippen molar-refractivity contribution in [1.29, 1.82) is 0 Å². The number of carbonyl (C=O) groups is 1. The first-order chi connectivity index (χ1) is 7.08. The van der Waals surface area contributed by atoms with Gasteiger partial charge >= 0.3 is 0 Å². The molecule has 1 rings (SSSR count). The van der Waals surface area contributed by atoms with Gasteiger partial charge in [0.15, 0.2) is 0 Å². The Labute approximate surface area is 97.9 Å². The maximum absolute atomic E-state index is 11.4. The molecular formula is C11H13BrN2O.